The number of halogens is 3. The number of aromatic amines is 1. The molecule has 3 aliphatic heterocycles. The van der Waals surface area contributed by atoms with E-state index in [4.69, 9.17) is 0 Å². The maximum atomic E-state index is 14.1. The van der Waals surface area contributed by atoms with Crippen LogP contribution in [-0.4, -0.2) is 161 Å². The molecule has 0 saturated carbocycles. The van der Waals surface area contributed by atoms with Crippen LogP contribution in [0.3, 0.4) is 0 Å². The van der Waals surface area contributed by atoms with E-state index in [2.05, 4.69) is 63.0 Å². The van der Waals surface area contributed by atoms with Crippen molar-refractivity contribution in [3.8, 4) is 21.6 Å². The lowest BCUT2D eigenvalue weighted by molar-refractivity contribution is -0.144. The quantitative estimate of drug-likeness (QED) is 0.0306. The summed E-state index contributed by atoms with van der Waals surface area (Å²) in [7, 11) is 2.02. The maximum Gasteiger partial charge on any atom is 0.417 e. The second kappa shape index (κ2) is 30.1. The lowest BCUT2D eigenvalue weighted by atomic mass is 9.85. The van der Waals surface area contributed by atoms with Gasteiger partial charge < -0.3 is 46.1 Å². The third kappa shape index (κ3) is 18.3. The molecule has 5 aromatic rings. The minimum Gasteiger partial charge on any atom is -0.391 e. The molecule has 0 aliphatic carbocycles. The molecular formula is C64H84F3N11O7S. The number of H-pyrrole nitrogens is 1. The van der Waals surface area contributed by atoms with Crippen LogP contribution in [0, 0.1) is 12.3 Å². The number of aromatic nitrogens is 2. The summed E-state index contributed by atoms with van der Waals surface area (Å²) in [5.41, 5.74) is 5.01. The summed E-state index contributed by atoms with van der Waals surface area (Å²) in [5, 5.41) is 22.4. The summed E-state index contributed by atoms with van der Waals surface area (Å²) >= 11 is 1.57. The normalized spacial score (nSPS) is 17.5. The van der Waals surface area contributed by atoms with Gasteiger partial charge >= 0.3 is 6.18 Å². The third-order valence-electron chi connectivity index (χ3n) is 16.5. The molecule has 464 valence electrons. The number of thiazole rings is 1. The number of anilines is 2. The number of carbonyl (C=O) groups is 5. The minimum atomic E-state index is -4.90. The molecular weight excluding hydrogens is 1120 g/mol. The number of piperazine rings is 2. The van der Waals surface area contributed by atoms with Gasteiger partial charge in [0.05, 0.1) is 44.7 Å². The Morgan fingerprint density at radius 3 is 2.08 bits per heavy atom. The number of hydrogen-bond donors (Lipinski definition) is 6. The Hall–Kier alpha value is -6.98. The average molecular weight is 1210 g/mol. The molecule has 8 rings (SSSR count). The van der Waals surface area contributed by atoms with Crippen molar-refractivity contribution in [3.63, 3.8) is 0 Å². The van der Waals surface area contributed by atoms with Crippen LogP contribution in [0.5, 0.6) is 0 Å². The van der Waals surface area contributed by atoms with Gasteiger partial charge in [-0.1, -0.05) is 101 Å². The lowest BCUT2D eigenvalue weighted by Crippen LogP contribution is -2.57. The number of likely N-dealkylation sites (tertiary alicyclic amines) is 1. The first-order valence-corrected chi connectivity index (χ1v) is 31.0. The molecule has 18 nitrogen and oxygen atoms in total. The zero-order chi connectivity index (χ0) is 61.5. The number of alkyl halides is 3. The van der Waals surface area contributed by atoms with Gasteiger partial charge in [-0.15, -0.1) is 11.3 Å². The van der Waals surface area contributed by atoms with Gasteiger partial charge in [-0.25, -0.2) is 4.98 Å². The zero-order valence-electron chi connectivity index (χ0n) is 50.2. The Kier molecular flexibility index (Phi) is 22.7. The number of aliphatic hydroxyl groups is 1. The summed E-state index contributed by atoms with van der Waals surface area (Å²) in [6.07, 6.45) is 2.14. The van der Waals surface area contributed by atoms with Crippen LogP contribution in [0.1, 0.15) is 118 Å². The predicted octanol–water partition coefficient (Wildman–Crippen LogP) is 8.05. The minimum absolute atomic E-state index is 0.0123. The smallest absolute Gasteiger partial charge is 0.391 e. The molecule has 0 bridgehead atoms. The van der Waals surface area contributed by atoms with E-state index in [9.17, 15) is 47.0 Å². The number of amides is 5. The van der Waals surface area contributed by atoms with Crippen LogP contribution in [0.4, 0.5) is 24.5 Å². The number of nitrogens with zero attached hydrogens (tertiary/aromatic N) is 6. The van der Waals surface area contributed by atoms with Crippen LogP contribution in [0.25, 0.3) is 21.6 Å². The topological polar surface area (TPSA) is 216 Å². The van der Waals surface area contributed by atoms with Crippen molar-refractivity contribution in [1.29, 1.82) is 0 Å². The van der Waals surface area contributed by atoms with Gasteiger partial charge in [0.2, 0.25) is 29.2 Å². The number of rotatable bonds is 25. The number of β-amino-alcohol motifs (C(OH)–C–C–N with tert-alkyl or cyclic N) is 1. The molecule has 3 aromatic carbocycles. The van der Waals surface area contributed by atoms with Crippen molar-refractivity contribution in [3.05, 3.63) is 123 Å². The number of carbonyl (C=O) groups excluding carboxylic acids is 5. The average Bonchev–Trinajstić information content (AvgIpc) is 3.83. The van der Waals surface area contributed by atoms with E-state index in [1.807, 2.05) is 88.8 Å². The third-order valence-corrected chi connectivity index (χ3v) is 17.4. The predicted molar refractivity (Wildman–Crippen MR) is 330 cm³/mol. The standard InChI is InChI=1S/C64H84F3N11O7S/c1-43-58(86-42-71-43)46-20-18-44(19-21-46)38-70-61(84)54-36-49(79)41-78(54)62(85)59(63(2,3)4)73-56(81)17-12-10-8-6-7-9-11-16-55(80)68-24-25-75-28-30-76(31-29-75)40-45-14-13-15-47(34-45)48-22-23-53(77-32-26-74(5)27-33-77)52(35-48)72-60(83)50-39-69-57(82)37-51(50)64(65,66)67/h13-15,18-23,34-35,37,39,42,49,54,59,79H,6-12,16-17,24-33,36,38,40-41H2,1-5H3,(H,68,80)(H,69,82)(H,70,84)(H,72,83)(H,73,81)/t49-,54+,59-/m1/s1. The van der Waals surface area contributed by atoms with Crippen LogP contribution in [0.15, 0.2) is 89.3 Å². The molecule has 3 fully saturated rings. The molecule has 3 aliphatic rings. The fourth-order valence-electron chi connectivity index (χ4n) is 11.4. The molecule has 2 aromatic heterocycles. The Balaban J connectivity index is 0.691. The summed E-state index contributed by atoms with van der Waals surface area (Å²) < 4.78 is 41.9. The molecule has 3 saturated heterocycles. The highest BCUT2D eigenvalue weighted by Crippen LogP contribution is 2.36. The molecule has 0 unspecified atom stereocenters. The Labute approximate surface area is 506 Å². The molecule has 3 atom stereocenters. The fraction of sp³-hybridized carbons (Fsp3) is 0.516. The van der Waals surface area contributed by atoms with E-state index in [0.29, 0.717) is 49.9 Å². The molecule has 6 N–H and O–H groups in total. The SMILES string of the molecule is Cc1ncsc1-c1ccc(CNC(=O)[C@@H]2C[C@@H](O)CN2C(=O)[C@@H](NC(=O)CCCCCCCCCC(=O)NCCN2CCN(Cc3cccc(-c4ccc(N5CCN(C)CC5)c(NC(=O)c5c[nH]c(=O)cc5C(F)(F)F)c4)c3)CC2)C(C)(C)C)cc1. The molecule has 22 heteroatoms. The monoisotopic (exact) mass is 1210 g/mol. The van der Waals surface area contributed by atoms with E-state index in [1.54, 1.807) is 17.4 Å². The highest BCUT2D eigenvalue weighted by Gasteiger charge is 2.44. The van der Waals surface area contributed by atoms with E-state index in [1.165, 1.54) is 4.90 Å². The van der Waals surface area contributed by atoms with Gasteiger partial charge in [0, 0.05) is 117 Å². The molecule has 86 heavy (non-hydrogen) atoms. The summed E-state index contributed by atoms with van der Waals surface area (Å²) in [4.78, 5) is 97.0. The Bertz CT molecular complexity index is 3170. The Morgan fingerprint density at radius 1 is 0.767 bits per heavy atom. The van der Waals surface area contributed by atoms with E-state index >= 15 is 0 Å². The van der Waals surface area contributed by atoms with Gasteiger partial charge in [0.25, 0.3) is 5.91 Å². The van der Waals surface area contributed by atoms with Crippen molar-refractivity contribution in [1.82, 2.24) is 45.5 Å². The zero-order valence-corrected chi connectivity index (χ0v) is 51.0. The second-order valence-corrected chi connectivity index (χ2v) is 25.0. The van der Waals surface area contributed by atoms with Crippen LogP contribution in [0.2, 0.25) is 0 Å². The fourth-order valence-corrected chi connectivity index (χ4v) is 12.2. The first-order valence-electron chi connectivity index (χ1n) is 30.1. The number of benzene rings is 3. The van der Waals surface area contributed by atoms with E-state index in [-0.39, 0.29) is 49.6 Å². The van der Waals surface area contributed by atoms with Gasteiger partial charge in [0.15, 0.2) is 0 Å². The number of likely N-dealkylation sites (N-methyl/N-ethyl adjacent to an activating group) is 1. The number of hydrogen-bond acceptors (Lipinski definition) is 13. The number of pyridine rings is 1. The van der Waals surface area contributed by atoms with Crippen molar-refractivity contribution in [2.45, 2.75) is 129 Å². The molecule has 0 spiro atoms. The van der Waals surface area contributed by atoms with Gasteiger partial charge in [0.1, 0.15) is 12.1 Å². The number of aryl methyl sites for hydroxylation is 1. The lowest BCUT2D eigenvalue weighted by Gasteiger charge is -2.35. The Morgan fingerprint density at radius 2 is 1.42 bits per heavy atom. The van der Waals surface area contributed by atoms with Crippen molar-refractivity contribution >= 4 is 52.2 Å². The van der Waals surface area contributed by atoms with Crippen molar-refractivity contribution in [2.24, 2.45) is 5.41 Å². The molecule has 5 heterocycles. The van der Waals surface area contributed by atoms with Crippen LogP contribution >= 0.6 is 11.3 Å². The van der Waals surface area contributed by atoms with E-state index in [0.717, 1.165) is 135 Å². The van der Waals surface area contributed by atoms with Gasteiger partial charge in [-0.05, 0) is 78.2 Å². The second-order valence-electron chi connectivity index (χ2n) is 24.2. The first-order chi connectivity index (χ1) is 41.1. The molecule has 5 amide bonds. The summed E-state index contributed by atoms with van der Waals surface area (Å²) in [5.74, 6) is -1.88. The largest absolute Gasteiger partial charge is 0.417 e. The number of nitrogens with one attached hydrogen (secondary N) is 5. The van der Waals surface area contributed by atoms with Crippen LogP contribution < -0.4 is 31.7 Å². The highest BCUT2D eigenvalue weighted by atomic mass is 32.1. The summed E-state index contributed by atoms with van der Waals surface area (Å²) in [6, 6.07) is 20.3. The van der Waals surface area contributed by atoms with E-state index < -0.39 is 52.4 Å². The summed E-state index contributed by atoms with van der Waals surface area (Å²) in [6.45, 7) is 16.3. The van der Waals surface area contributed by atoms with Gasteiger partial charge in [-0.2, -0.15) is 13.2 Å². The maximum absolute atomic E-state index is 14.1. The highest BCUT2D eigenvalue weighted by molar-refractivity contribution is 7.13. The number of unbranched alkanes of at least 4 members (excludes halogenated alkanes) is 6. The number of aliphatic hydroxyl groups excluding tert-OH is 1. The van der Waals surface area contributed by atoms with Gasteiger partial charge in [-0.3, -0.25) is 38.6 Å². The first kappa shape index (κ1) is 65.0. The van der Waals surface area contributed by atoms with Crippen molar-refractivity contribution in [2.75, 3.05) is 89.3 Å². The van der Waals surface area contributed by atoms with Crippen LogP contribution in [-0.2, 0) is 38.4 Å². The molecule has 0 radical (unpaired) electrons. The van der Waals surface area contributed by atoms with Crippen molar-refractivity contribution < 1.29 is 42.3 Å².